The Hall–Kier alpha value is -4.53. The topological polar surface area (TPSA) is 82.8 Å². The van der Waals surface area contributed by atoms with Gasteiger partial charge in [0.2, 0.25) is 5.91 Å². The van der Waals surface area contributed by atoms with Gasteiger partial charge < -0.3 is 19.1 Å². The zero-order valence-electron chi connectivity index (χ0n) is 21.8. The molecule has 0 bridgehead atoms. The van der Waals surface area contributed by atoms with Crippen LogP contribution in [0.2, 0.25) is 0 Å². The summed E-state index contributed by atoms with van der Waals surface area (Å²) < 4.78 is 19.2. The van der Waals surface area contributed by atoms with Crippen molar-refractivity contribution >= 4 is 17.6 Å². The van der Waals surface area contributed by atoms with Crippen LogP contribution in [0, 0.1) is 12.7 Å². The minimum atomic E-state index is -0.507. The first kappa shape index (κ1) is 26.1. The number of amides is 2. The third kappa shape index (κ3) is 6.49. The number of halogens is 1. The Bertz CT molecular complexity index is 1410. The van der Waals surface area contributed by atoms with E-state index in [-0.39, 0.29) is 24.6 Å². The maximum atomic E-state index is 13.8. The fourth-order valence-corrected chi connectivity index (χ4v) is 4.63. The van der Waals surface area contributed by atoms with Crippen LogP contribution in [0.25, 0.3) is 11.3 Å². The summed E-state index contributed by atoms with van der Waals surface area (Å²) in [5, 5.41) is 8.86. The second-order valence-corrected chi connectivity index (χ2v) is 9.62. The first-order valence-electron chi connectivity index (χ1n) is 13.0. The van der Waals surface area contributed by atoms with Crippen molar-refractivity contribution in [3.05, 3.63) is 102 Å². The molecule has 0 aliphatic carbocycles. The molecule has 9 heteroatoms. The molecule has 200 valence electrons. The molecule has 0 atom stereocenters. The Morgan fingerprint density at radius 2 is 1.79 bits per heavy atom. The third-order valence-corrected chi connectivity index (χ3v) is 6.78. The molecule has 2 aromatic heterocycles. The third-order valence-electron chi connectivity index (χ3n) is 6.78. The predicted octanol–water partition coefficient (Wildman–Crippen LogP) is 4.57. The van der Waals surface area contributed by atoms with Gasteiger partial charge in [0.15, 0.2) is 5.82 Å². The number of aromatic nitrogens is 2. The summed E-state index contributed by atoms with van der Waals surface area (Å²) in [5.74, 6) is 0.199. The van der Waals surface area contributed by atoms with Crippen molar-refractivity contribution in [3.8, 4) is 11.3 Å². The van der Waals surface area contributed by atoms with Crippen molar-refractivity contribution in [3.63, 3.8) is 0 Å². The van der Waals surface area contributed by atoms with E-state index in [1.807, 2.05) is 43.3 Å². The van der Waals surface area contributed by atoms with E-state index in [1.54, 1.807) is 23.1 Å². The molecule has 1 saturated heterocycles. The van der Waals surface area contributed by atoms with E-state index in [2.05, 4.69) is 15.1 Å². The smallest absolute Gasteiger partial charge is 0.254 e. The molecule has 2 amide bonds. The molecule has 0 unspecified atom stereocenters. The van der Waals surface area contributed by atoms with Crippen molar-refractivity contribution in [2.45, 2.75) is 19.9 Å². The summed E-state index contributed by atoms with van der Waals surface area (Å²) in [7, 11) is 0. The number of furan rings is 1. The highest BCUT2D eigenvalue weighted by atomic mass is 19.1. The van der Waals surface area contributed by atoms with Crippen LogP contribution in [0.4, 0.5) is 10.2 Å². The standard InChI is InChI=1S/C30H30FN5O3/c1-22-8-10-23(11-9-22)27-12-13-28(33-32-27)34-14-4-15-35(17-16-34)29(37)21-36(20-26-7-3-18-39-26)30(38)24-5-2-6-25(31)19-24/h2-3,5-13,18-19H,4,14-17,20-21H2,1H3. The van der Waals surface area contributed by atoms with Gasteiger partial charge in [-0.05, 0) is 55.8 Å². The van der Waals surface area contributed by atoms with E-state index >= 15 is 0 Å². The average Bonchev–Trinajstić information content (AvgIpc) is 3.34. The van der Waals surface area contributed by atoms with Crippen LogP contribution < -0.4 is 4.90 Å². The van der Waals surface area contributed by atoms with Crippen molar-refractivity contribution < 1.29 is 18.4 Å². The van der Waals surface area contributed by atoms with Gasteiger partial charge in [0.1, 0.15) is 18.1 Å². The second kappa shape index (κ2) is 11.9. The highest BCUT2D eigenvalue weighted by Gasteiger charge is 2.25. The van der Waals surface area contributed by atoms with E-state index in [4.69, 9.17) is 4.42 Å². The molecule has 5 rings (SSSR count). The number of nitrogens with zero attached hydrogens (tertiary/aromatic N) is 5. The fraction of sp³-hybridized carbons (Fsp3) is 0.267. The lowest BCUT2D eigenvalue weighted by Crippen LogP contribution is -2.44. The van der Waals surface area contributed by atoms with E-state index in [0.717, 1.165) is 30.0 Å². The molecule has 1 fully saturated rings. The van der Waals surface area contributed by atoms with Gasteiger partial charge >= 0.3 is 0 Å². The van der Waals surface area contributed by atoms with Crippen LogP contribution >= 0.6 is 0 Å². The normalized spacial score (nSPS) is 13.7. The summed E-state index contributed by atoms with van der Waals surface area (Å²) in [4.78, 5) is 31.8. The summed E-state index contributed by atoms with van der Waals surface area (Å²) in [6.45, 7) is 4.40. The summed E-state index contributed by atoms with van der Waals surface area (Å²) in [5.41, 5.74) is 3.20. The van der Waals surface area contributed by atoms with Crippen LogP contribution in [0.5, 0.6) is 0 Å². The van der Waals surface area contributed by atoms with Gasteiger partial charge in [-0.25, -0.2) is 4.39 Å². The molecule has 1 aliphatic heterocycles. The number of carbonyl (C=O) groups is 2. The molecule has 0 radical (unpaired) electrons. The van der Waals surface area contributed by atoms with Gasteiger partial charge in [0.25, 0.3) is 5.91 Å². The van der Waals surface area contributed by atoms with Crippen LogP contribution in [0.1, 0.15) is 28.1 Å². The minimum absolute atomic E-state index is 0.108. The lowest BCUT2D eigenvalue weighted by Gasteiger charge is -2.27. The largest absolute Gasteiger partial charge is 0.467 e. The van der Waals surface area contributed by atoms with Gasteiger partial charge in [-0.3, -0.25) is 9.59 Å². The Kier molecular flexibility index (Phi) is 7.96. The number of hydrogen-bond donors (Lipinski definition) is 0. The molecule has 0 N–H and O–H groups in total. The van der Waals surface area contributed by atoms with Crippen LogP contribution in [-0.2, 0) is 11.3 Å². The lowest BCUT2D eigenvalue weighted by atomic mass is 10.1. The van der Waals surface area contributed by atoms with Gasteiger partial charge in [-0.1, -0.05) is 35.9 Å². The highest BCUT2D eigenvalue weighted by Crippen LogP contribution is 2.20. The molecule has 3 heterocycles. The highest BCUT2D eigenvalue weighted by molar-refractivity contribution is 5.96. The van der Waals surface area contributed by atoms with Crippen molar-refractivity contribution in [2.75, 3.05) is 37.6 Å². The van der Waals surface area contributed by atoms with Crippen LogP contribution in [0.3, 0.4) is 0 Å². The molecule has 0 saturated carbocycles. The first-order chi connectivity index (χ1) is 19.0. The predicted molar refractivity (Wildman–Crippen MR) is 145 cm³/mol. The van der Waals surface area contributed by atoms with Gasteiger partial charge in [0.05, 0.1) is 18.5 Å². The van der Waals surface area contributed by atoms with Crippen LogP contribution in [0.15, 0.2) is 83.5 Å². The Morgan fingerprint density at radius 3 is 2.51 bits per heavy atom. The van der Waals surface area contributed by atoms with Crippen molar-refractivity contribution in [1.82, 2.24) is 20.0 Å². The molecule has 0 spiro atoms. The zero-order chi connectivity index (χ0) is 27.2. The second-order valence-electron chi connectivity index (χ2n) is 9.62. The van der Waals surface area contributed by atoms with Gasteiger partial charge in [-0.2, -0.15) is 0 Å². The average molecular weight is 528 g/mol. The number of aryl methyl sites for hydroxylation is 1. The van der Waals surface area contributed by atoms with Crippen molar-refractivity contribution in [1.29, 1.82) is 0 Å². The number of anilines is 1. The minimum Gasteiger partial charge on any atom is -0.467 e. The van der Waals surface area contributed by atoms with E-state index < -0.39 is 11.7 Å². The molecule has 1 aliphatic rings. The maximum Gasteiger partial charge on any atom is 0.254 e. The molecular formula is C30H30FN5O3. The van der Waals surface area contributed by atoms with E-state index in [0.29, 0.717) is 25.4 Å². The quantitative estimate of drug-likeness (QED) is 0.350. The SMILES string of the molecule is Cc1ccc(-c2ccc(N3CCCN(C(=O)CN(Cc4ccco4)C(=O)c4cccc(F)c4)CC3)nn2)cc1. The van der Waals surface area contributed by atoms with Gasteiger partial charge in [0, 0.05) is 37.3 Å². The summed E-state index contributed by atoms with van der Waals surface area (Å²) >= 11 is 0. The van der Waals surface area contributed by atoms with E-state index in [1.165, 1.54) is 34.9 Å². The summed E-state index contributed by atoms with van der Waals surface area (Å²) in [6, 6.07) is 21.0. The lowest BCUT2D eigenvalue weighted by molar-refractivity contribution is -0.131. The Labute approximate surface area is 226 Å². The number of benzene rings is 2. The fourth-order valence-electron chi connectivity index (χ4n) is 4.63. The van der Waals surface area contributed by atoms with Crippen molar-refractivity contribution in [2.24, 2.45) is 0 Å². The molecule has 4 aromatic rings. The van der Waals surface area contributed by atoms with Crippen LogP contribution in [-0.4, -0.2) is 64.5 Å². The van der Waals surface area contributed by atoms with E-state index in [9.17, 15) is 14.0 Å². The Balaban J connectivity index is 1.23. The molecule has 8 nitrogen and oxygen atoms in total. The summed E-state index contributed by atoms with van der Waals surface area (Å²) in [6.07, 6.45) is 2.27. The zero-order valence-corrected chi connectivity index (χ0v) is 21.8. The molecular weight excluding hydrogens is 497 g/mol. The molecule has 39 heavy (non-hydrogen) atoms. The number of hydrogen-bond acceptors (Lipinski definition) is 6. The molecule has 2 aromatic carbocycles. The number of carbonyl (C=O) groups excluding carboxylic acids is 2. The number of rotatable bonds is 7. The van der Waals surface area contributed by atoms with Gasteiger partial charge in [-0.15, -0.1) is 10.2 Å². The maximum absolute atomic E-state index is 13.8. The first-order valence-corrected chi connectivity index (χ1v) is 13.0. The Morgan fingerprint density at radius 1 is 0.949 bits per heavy atom. The monoisotopic (exact) mass is 527 g/mol.